The van der Waals surface area contributed by atoms with Crippen LogP contribution in [0.15, 0.2) is 18.2 Å². The summed E-state index contributed by atoms with van der Waals surface area (Å²) in [5, 5.41) is 3.19. The van der Waals surface area contributed by atoms with Crippen molar-refractivity contribution < 1.29 is 9.13 Å². The van der Waals surface area contributed by atoms with Gasteiger partial charge in [0.15, 0.2) is 11.6 Å². The normalized spacial score (nSPS) is 10.3. The minimum atomic E-state index is -0.249. The largest absolute Gasteiger partial charge is 0.490 e. The maximum absolute atomic E-state index is 13.4. The average molecular weight is 211 g/mol. The predicted molar refractivity (Wildman–Crippen MR) is 59.8 cm³/mol. The van der Waals surface area contributed by atoms with Gasteiger partial charge in [-0.15, -0.1) is 0 Å². The van der Waals surface area contributed by atoms with Gasteiger partial charge in [0.2, 0.25) is 0 Å². The quantitative estimate of drug-likeness (QED) is 0.730. The minimum Gasteiger partial charge on any atom is -0.490 e. The second-order valence-corrected chi connectivity index (χ2v) is 3.44. The Hall–Kier alpha value is -1.09. The molecule has 0 saturated heterocycles. The highest BCUT2D eigenvalue weighted by Gasteiger charge is 2.04. The van der Waals surface area contributed by atoms with Crippen molar-refractivity contribution in [2.45, 2.75) is 20.3 Å². The number of rotatable bonds is 6. The van der Waals surface area contributed by atoms with E-state index >= 15 is 0 Å². The fourth-order valence-electron chi connectivity index (χ4n) is 1.29. The lowest BCUT2D eigenvalue weighted by atomic mass is 10.2. The number of nitrogens with one attached hydrogen (secondary N) is 1. The van der Waals surface area contributed by atoms with Crippen molar-refractivity contribution in [2.75, 3.05) is 19.7 Å². The van der Waals surface area contributed by atoms with Crippen molar-refractivity contribution in [3.63, 3.8) is 0 Å². The number of ether oxygens (including phenoxy) is 1. The molecule has 0 saturated carbocycles. The third kappa shape index (κ3) is 3.88. The maximum Gasteiger partial charge on any atom is 0.167 e. The second-order valence-electron chi connectivity index (χ2n) is 3.44. The van der Waals surface area contributed by atoms with E-state index in [1.165, 1.54) is 0 Å². The van der Waals surface area contributed by atoms with Crippen molar-refractivity contribution in [3.05, 3.63) is 29.6 Å². The van der Waals surface area contributed by atoms with E-state index in [1.807, 2.05) is 0 Å². The van der Waals surface area contributed by atoms with Crippen molar-refractivity contribution in [1.29, 1.82) is 0 Å². The van der Waals surface area contributed by atoms with Gasteiger partial charge in [-0.2, -0.15) is 0 Å². The summed E-state index contributed by atoms with van der Waals surface area (Å²) in [6.45, 7) is 6.21. The van der Waals surface area contributed by atoms with E-state index in [4.69, 9.17) is 4.74 Å². The topological polar surface area (TPSA) is 21.3 Å². The summed E-state index contributed by atoms with van der Waals surface area (Å²) in [6.07, 6.45) is 0.890. The molecule has 0 spiro atoms. The molecule has 0 atom stereocenters. The molecule has 1 aromatic rings. The first-order valence-corrected chi connectivity index (χ1v) is 5.34. The molecular weight excluding hydrogens is 193 g/mol. The van der Waals surface area contributed by atoms with Crippen LogP contribution in [0.1, 0.15) is 18.9 Å². The van der Waals surface area contributed by atoms with Crippen LogP contribution in [-0.4, -0.2) is 19.7 Å². The number of benzene rings is 1. The van der Waals surface area contributed by atoms with Gasteiger partial charge >= 0.3 is 0 Å². The van der Waals surface area contributed by atoms with Crippen LogP contribution >= 0.6 is 0 Å². The van der Waals surface area contributed by atoms with E-state index in [1.54, 1.807) is 25.1 Å². The molecule has 0 bridgehead atoms. The first-order valence-electron chi connectivity index (χ1n) is 5.34. The molecule has 2 nitrogen and oxygen atoms in total. The Balaban J connectivity index is 2.34. The highest BCUT2D eigenvalue weighted by Crippen LogP contribution is 2.19. The second kappa shape index (κ2) is 6.40. The first kappa shape index (κ1) is 12.0. The lowest BCUT2D eigenvalue weighted by Gasteiger charge is -2.08. The molecule has 0 fully saturated rings. The smallest absolute Gasteiger partial charge is 0.167 e. The van der Waals surface area contributed by atoms with Crippen LogP contribution in [0.5, 0.6) is 5.75 Å². The van der Waals surface area contributed by atoms with Gasteiger partial charge in [-0.3, -0.25) is 0 Å². The first-order chi connectivity index (χ1) is 7.25. The van der Waals surface area contributed by atoms with Gasteiger partial charge in [-0.05, 0) is 38.1 Å². The fraction of sp³-hybridized carbons (Fsp3) is 0.500. The molecule has 0 aliphatic carbocycles. The molecule has 1 N–H and O–H groups in total. The molecule has 0 aliphatic heterocycles. The van der Waals surface area contributed by atoms with E-state index in [0.29, 0.717) is 17.9 Å². The van der Waals surface area contributed by atoms with E-state index < -0.39 is 0 Å². The highest BCUT2D eigenvalue weighted by molar-refractivity contribution is 5.29. The zero-order valence-electron chi connectivity index (χ0n) is 9.35. The predicted octanol–water partition coefficient (Wildman–Crippen LogP) is 2.51. The SMILES string of the molecule is CCNCCCOc1cccc(C)c1F. The van der Waals surface area contributed by atoms with Gasteiger partial charge in [-0.25, -0.2) is 4.39 Å². The van der Waals surface area contributed by atoms with Crippen LogP contribution in [0.4, 0.5) is 4.39 Å². The Kier molecular flexibility index (Phi) is 5.12. The Labute approximate surface area is 90.4 Å². The Morgan fingerprint density at radius 3 is 2.93 bits per heavy atom. The van der Waals surface area contributed by atoms with Gasteiger partial charge in [0.05, 0.1) is 6.61 Å². The van der Waals surface area contributed by atoms with E-state index in [0.717, 1.165) is 19.5 Å². The van der Waals surface area contributed by atoms with Crippen LogP contribution < -0.4 is 10.1 Å². The Morgan fingerprint density at radius 2 is 2.20 bits per heavy atom. The summed E-state index contributed by atoms with van der Waals surface area (Å²) in [6, 6.07) is 5.20. The molecule has 0 heterocycles. The minimum absolute atomic E-state index is 0.249. The summed E-state index contributed by atoms with van der Waals surface area (Å²) in [5.74, 6) is 0.104. The molecule has 84 valence electrons. The number of hydrogen-bond donors (Lipinski definition) is 1. The Morgan fingerprint density at radius 1 is 1.40 bits per heavy atom. The van der Waals surface area contributed by atoms with Gasteiger partial charge in [0.25, 0.3) is 0 Å². The number of hydrogen-bond acceptors (Lipinski definition) is 2. The molecule has 15 heavy (non-hydrogen) atoms. The van der Waals surface area contributed by atoms with Crippen molar-refractivity contribution in [1.82, 2.24) is 5.32 Å². The van der Waals surface area contributed by atoms with Crippen molar-refractivity contribution >= 4 is 0 Å². The lowest BCUT2D eigenvalue weighted by Crippen LogP contribution is -2.16. The van der Waals surface area contributed by atoms with E-state index in [9.17, 15) is 4.39 Å². The van der Waals surface area contributed by atoms with Gasteiger partial charge in [-0.1, -0.05) is 19.1 Å². The third-order valence-electron chi connectivity index (χ3n) is 2.16. The van der Waals surface area contributed by atoms with Crippen molar-refractivity contribution in [3.8, 4) is 5.75 Å². The average Bonchev–Trinajstić information content (AvgIpc) is 2.24. The molecule has 3 heteroatoms. The fourth-order valence-corrected chi connectivity index (χ4v) is 1.29. The van der Waals surface area contributed by atoms with Crippen LogP contribution in [0.2, 0.25) is 0 Å². The third-order valence-corrected chi connectivity index (χ3v) is 2.16. The van der Waals surface area contributed by atoms with E-state index in [-0.39, 0.29) is 5.82 Å². The zero-order valence-corrected chi connectivity index (χ0v) is 9.35. The van der Waals surface area contributed by atoms with Crippen molar-refractivity contribution in [2.24, 2.45) is 0 Å². The van der Waals surface area contributed by atoms with E-state index in [2.05, 4.69) is 12.2 Å². The summed E-state index contributed by atoms with van der Waals surface area (Å²) in [7, 11) is 0. The monoisotopic (exact) mass is 211 g/mol. The van der Waals surface area contributed by atoms with Crippen LogP contribution in [0, 0.1) is 12.7 Å². The van der Waals surface area contributed by atoms with Crippen LogP contribution in [0.3, 0.4) is 0 Å². The molecule has 0 amide bonds. The molecule has 0 unspecified atom stereocenters. The highest BCUT2D eigenvalue weighted by atomic mass is 19.1. The number of aryl methyl sites for hydroxylation is 1. The molecule has 1 aromatic carbocycles. The maximum atomic E-state index is 13.4. The molecular formula is C12H18FNO. The van der Waals surface area contributed by atoms with Crippen LogP contribution in [0.25, 0.3) is 0 Å². The zero-order chi connectivity index (χ0) is 11.1. The van der Waals surface area contributed by atoms with Gasteiger partial charge < -0.3 is 10.1 Å². The molecule has 0 radical (unpaired) electrons. The van der Waals surface area contributed by atoms with Gasteiger partial charge in [0.1, 0.15) is 0 Å². The Bertz CT molecular complexity index is 302. The number of halogens is 1. The lowest BCUT2D eigenvalue weighted by molar-refractivity contribution is 0.293. The standard InChI is InChI=1S/C12H18FNO/c1-3-14-8-5-9-15-11-7-4-6-10(2)12(11)13/h4,6-7,14H,3,5,8-9H2,1-2H3. The summed E-state index contributed by atoms with van der Waals surface area (Å²) in [5.41, 5.74) is 0.624. The van der Waals surface area contributed by atoms with Crippen LogP contribution in [-0.2, 0) is 0 Å². The molecule has 1 rings (SSSR count). The summed E-state index contributed by atoms with van der Waals surface area (Å²) >= 11 is 0. The van der Waals surface area contributed by atoms with Gasteiger partial charge in [0, 0.05) is 0 Å². The summed E-state index contributed by atoms with van der Waals surface area (Å²) in [4.78, 5) is 0. The summed E-state index contributed by atoms with van der Waals surface area (Å²) < 4.78 is 18.8. The molecule has 0 aliphatic rings. The molecule has 0 aromatic heterocycles.